The second-order valence-electron chi connectivity index (χ2n) is 8.74. The van der Waals surface area contributed by atoms with Crippen LogP contribution in [0.15, 0.2) is 24.3 Å². The van der Waals surface area contributed by atoms with E-state index in [2.05, 4.69) is 22.0 Å². The minimum Gasteiger partial charge on any atom is -0.493 e. The molecule has 1 fully saturated rings. The van der Waals surface area contributed by atoms with Gasteiger partial charge >= 0.3 is 18.1 Å². The summed E-state index contributed by atoms with van der Waals surface area (Å²) >= 11 is 0. The number of carboxylic acid groups (broad SMARTS) is 1. The molecule has 0 unspecified atom stereocenters. The Kier molecular flexibility index (Phi) is 11.3. The fraction of sp³-hybridized carbons (Fsp3) is 0.538. The number of aromatic nitrogens is 1. The van der Waals surface area contributed by atoms with Crippen LogP contribution in [-0.4, -0.2) is 60.0 Å². The smallest absolute Gasteiger partial charge is 0.490 e. The number of methoxy groups -OCH3 is 2. The molecule has 0 radical (unpaired) electrons. The Morgan fingerprint density at radius 3 is 2.22 bits per heavy atom. The predicted octanol–water partition coefficient (Wildman–Crippen LogP) is 5.49. The number of hydrogen-bond donors (Lipinski definition) is 2. The molecule has 206 valence electrons. The van der Waals surface area contributed by atoms with Crippen molar-refractivity contribution in [1.82, 2.24) is 9.88 Å². The molecule has 8 nitrogen and oxygen atoms in total. The number of H-pyrrole nitrogens is 1. The molecule has 0 atom stereocenters. The van der Waals surface area contributed by atoms with Crippen LogP contribution in [0, 0.1) is 6.92 Å². The van der Waals surface area contributed by atoms with Crippen LogP contribution < -0.4 is 9.47 Å². The Morgan fingerprint density at radius 1 is 1.05 bits per heavy atom. The van der Waals surface area contributed by atoms with Gasteiger partial charge in [-0.15, -0.1) is 0 Å². The van der Waals surface area contributed by atoms with Gasteiger partial charge < -0.3 is 24.3 Å². The van der Waals surface area contributed by atoms with Crippen molar-refractivity contribution in [3.8, 4) is 11.5 Å². The summed E-state index contributed by atoms with van der Waals surface area (Å²) in [5, 5.41) is 7.12. The van der Waals surface area contributed by atoms with Crippen molar-refractivity contribution >= 4 is 11.9 Å². The van der Waals surface area contributed by atoms with Gasteiger partial charge in [0, 0.05) is 30.5 Å². The van der Waals surface area contributed by atoms with Crippen molar-refractivity contribution in [3.05, 3.63) is 46.8 Å². The molecule has 1 aliphatic carbocycles. The molecule has 2 N–H and O–H groups in total. The average molecular weight is 529 g/mol. The van der Waals surface area contributed by atoms with E-state index in [-0.39, 0.29) is 5.97 Å². The van der Waals surface area contributed by atoms with Crippen LogP contribution in [0.2, 0.25) is 0 Å². The summed E-state index contributed by atoms with van der Waals surface area (Å²) in [6, 6.07) is 8.59. The number of nitrogens with zero attached hydrogens (tertiary/aromatic N) is 1. The monoisotopic (exact) mass is 528 g/mol. The van der Waals surface area contributed by atoms with E-state index in [4.69, 9.17) is 24.1 Å². The third-order valence-corrected chi connectivity index (χ3v) is 6.11. The lowest BCUT2D eigenvalue weighted by molar-refractivity contribution is -0.192. The van der Waals surface area contributed by atoms with Crippen LogP contribution in [-0.2, 0) is 22.6 Å². The number of carboxylic acids is 1. The highest BCUT2D eigenvalue weighted by Crippen LogP contribution is 2.30. The van der Waals surface area contributed by atoms with Crippen LogP contribution >= 0.6 is 0 Å². The summed E-state index contributed by atoms with van der Waals surface area (Å²) < 4.78 is 47.8. The second kappa shape index (κ2) is 13.9. The minimum absolute atomic E-state index is 0.262. The molecule has 0 spiro atoms. The maximum Gasteiger partial charge on any atom is 0.490 e. The van der Waals surface area contributed by atoms with Crippen molar-refractivity contribution < 1.29 is 42.1 Å². The summed E-state index contributed by atoms with van der Waals surface area (Å²) in [6.07, 6.45) is 1.18. The van der Waals surface area contributed by atoms with Crippen LogP contribution in [0.3, 0.4) is 0 Å². The maximum atomic E-state index is 12.2. The number of aryl methyl sites for hydroxylation is 1. The molecule has 0 amide bonds. The number of aliphatic carboxylic acids is 1. The number of rotatable bonds is 9. The highest BCUT2D eigenvalue weighted by Gasteiger charge is 2.38. The first-order valence-electron chi connectivity index (χ1n) is 12.1. The molecule has 0 aliphatic heterocycles. The zero-order chi connectivity index (χ0) is 27.6. The summed E-state index contributed by atoms with van der Waals surface area (Å²) in [4.78, 5) is 27.0. The Hall–Kier alpha value is -3.21. The van der Waals surface area contributed by atoms with Crippen molar-refractivity contribution in [2.75, 3.05) is 20.8 Å². The topological polar surface area (TPSA) is 101 Å². The first kappa shape index (κ1) is 30.0. The number of benzene rings is 1. The van der Waals surface area contributed by atoms with E-state index in [1.165, 1.54) is 37.7 Å². The van der Waals surface area contributed by atoms with Crippen LogP contribution in [0.1, 0.15) is 66.3 Å². The normalized spacial score (nSPS) is 14.1. The first-order valence-corrected chi connectivity index (χ1v) is 12.1. The molecular weight excluding hydrogens is 493 g/mol. The lowest BCUT2D eigenvalue weighted by Crippen LogP contribution is -2.36. The summed E-state index contributed by atoms with van der Waals surface area (Å²) in [5.74, 6) is -1.53. The van der Waals surface area contributed by atoms with Gasteiger partial charge in [0.1, 0.15) is 0 Å². The van der Waals surface area contributed by atoms with Crippen molar-refractivity contribution in [3.63, 3.8) is 0 Å². The molecule has 1 aromatic heterocycles. The molecule has 1 saturated carbocycles. The van der Waals surface area contributed by atoms with E-state index in [0.717, 1.165) is 36.0 Å². The summed E-state index contributed by atoms with van der Waals surface area (Å²) in [7, 11) is 3.32. The van der Waals surface area contributed by atoms with Gasteiger partial charge in [0.25, 0.3) is 0 Å². The lowest BCUT2D eigenvalue weighted by Gasteiger charge is -2.34. The Labute approximate surface area is 214 Å². The van der Waals surface area contributed by atoms with Crippen LogP contribution in [0.4, 0.5) is 13.2 Å². The number of carbonyl (C=O) groups is 2. The number of aromatic amines is 1. The molecule has 1 heterocycles. The fourth-order valence-electron chi connectivity index (χ4n) is 4.33. The molecule has 3 rings (SSSR count). The van der Waals surface area contributed by atoms with E-state index in [1.807, 2.05) is 26.0 Å². The van der Waals surface area contributed by atoms with Crippen LogP contribution in [0.25, 0.3) is 0 Å². The van der Waals surface area contributed by atoms with Crippen LogP contribution in [0.5, 0.6) is 11.5 Å². The quantitative estimate of drug-likeness (QED) is 0.416. The van der Waals surface area contributed by atoms with Crippen molar-refractivity contribution in [1.29, 1.82) is 0 Å². The summed E-state index contributed by atoms with van der Waals surface area (Å²) in [6.45, 7) is 5.72. The van der Waals surface area contributed by atoms with Gasteiger partial charge in [-0.3, -0.25) is 4.90 Å². The van der Waals surface area contributed by atoms with Gasteiger partial charge in [-0.1, -0.05) is 25.3 Å². The first-order chi connectivity index (χ1) is 17.5. The largest absolute Gasteiger partial charge is 0.493 e. The SMILES string of the molecule is CCOC(=O)c1cc(CN(Cc2ccc(OC)c(OC)c2)C2CCCCC2)[nH]c1C.O=C(O)C(F)(F)F. The maximum absolute atomic E-state index is 12.2. The highest BCUT2D eigenvalue weighted by molar-refractivity contribution is 5.91. The van der Waals surface area contributed by atoms with Crippen molar-refractivity contribution in [2.24, 2.45) is 0 Å². The van der Waals surface area contributed by atoms with Crippen molar-refractivity contribution in [2.45, 2.75) is 71.3 Å². The second-order valence-corrected chi connectivity index (χ2v) is 8.74. The van der Waals surface area contributed by atoms with E-state index in [9.17, 15) is 18.0 Å². The molecule has 0 bridgehead atoms. The van der Waals surface area contributed by atoms with E-state index in [1.54, 1.807) is 14.2 Å². The van der Waals surface area contributed by atoms with Gasteiger partial charge in [-0.25, -0.2) is 9.59 Å². The Balaban J connectivity index is 0.000000604. The molecule has 11 heteroatoms. The number of halogens is 3. The number of carbonyl (C=O) groups excluding carboxylic acids is 1. The molecule has 1 aromatic carbocycles. The molecule has 37 heavy (non-hydrogen) atoms. The minimum atomic E-state index is -5.08. The summed E-state index contributed by atoms with van der Waals surface area (Å²) in [5.41, 5.74) is 3.72. The molecular formula is C26H35F3N2O6. The predicted molar refractivity (Wildman–Crippen MR) is 131 cm³/mol. The third-order valence-electron chi connectivity index (χ3n) is 6.11. The lowest BCUT2D eigenvalue weighted by atomic mass is 9.93. The van der Waals surface area contributed by atoms with E-state index in [0.29, 0.717) is 18.2 Å². The van der Waals surface area contributed by atoms with Gasteiger partial charge in [0.2, 0.25) is 0 Å². The average Bonchev–Trinajstić information content (AvgIpc) is 3.24. The van der Waals surface area contributed by atoms with Gasteiger partial charge in [0.15, 0.2) is 11.5 Å². The standard InChI is InChI=1S/C24H34N2O4.C2HF3O2/c1-5-30-24(27)21-14-19(25-17(21)2)16-26(20-9-7-6-8-10-20)15-18-11-12-22(28-3)23(13-18)29-4;3-2(4,5)1(6)7/h11-14,20,25H,5-10,15-16H2,1-4H3;(H,6,7). The number of alkyl halides is 3. The highest BCUT2D eigenvalue weighted by atomic mass is 19.4. The third kappa shape index (κ3) is 8.99. The number of esters is 1. The van der Waals surface area contributed by atoms with Gasteiger partial charge in [-0.2, -0.15) is 13.2 Å². The van der Waals surface area contributed by atoms with E-state index < -0.39 is 12.1 Å². The molecule has 0 saturated heterocycles. The number of hydrogen-bond acceptors (Lipinski definition) is 6. The fourth-order valence-corrected chi connectivity index (χ4v) is 4.33. The Morgan fingerprint density at radius 2 is 1.68 bits per heavy atom. The van der Waals surface area contributed by atoms with E-state index >= 15 is 0 Å². The van der Waals surface area contributed by atoms with Gasteiger partial charge in [0.05, 0.1) is 26.4 Å². The Bertz CT molecular complexity index is 1030. The molecule has 2 aromatic rings. The number of ether oxygens (including phenoxy) is 3. The molecule has 1 aliphatic rings. The van der Waals surface area contributed by atoms with Gasteiger partial charge in [-0.05, 0) is 50.5 Å². The zero-order valence-corrected chi connectivity index (χ0v) is 21.6. The number of nitrogens with one attached hydrogen (secondary N) is 1. The zero-order valence-electron chi connectivity index (χ0n) is 21.6.